The molecule has 1 heterocycles. The van der Waals surface area contributed by atoms with Crippen molar-refractivity contribution in [2.45, 2.75) is 33.6 Å². The number of rotatable bonds is 6. The zero-order valence-corrected chi connectivity index (χ0v) is 16.5. The Bertz CT molecular complexity index is 878. The Morgan fingerprint density at radius 1 is 1.25 bits per heavy atom. The van der Waals surface area contributed by atoms with Gasteiger partial charge in [0.15, 0.2) is 0 Å². The molecule has 0 aromatic heterocycles. The van der Waals surface area contributed by atoms with Crippen LogP contribution in [0.3, 0.4) is 0 Å². The minimum absolute atomic E-state index is 0.115. The van der Waals surface area contributed by atoms with Crippen molar-refractivity contribution in [2.24, 2.45) is 11.7 Å². The van der Waals surface area contributed by atoms with Gasteiger partial charge in [-0.3, -0.25) is 0 Å². The fourth-order valence-electron chi connectivity index (χ4n) is 3.00. The van der Waals surface area contributed by atoms with E-state index in [0.717, 1.165) is 0 Å². The van der Waals surface area contributed by atoms with Crippen molar-refractivity contribution in [3.63, 3.8) is 0 Å². The van der Waals surface area contributed by atoms with Gasteiger partial charge >= 0.3 is 11.9 Å². The smallest absolute Gasteiger partial charge is 0.338 e. The van der Waals surface area contributed by atoms with Gasteiger partial charge in [-0.05, 0) is 37.5 Å². The molecule has 0 saturated heterocycles. The highest BCUT2D eigenvalue weighted by Crippen LogP contribution is 2.38. The minimum Gasteiger partial charge on any atom is -0.463 e. The number of carbonyl (C=O) groups is 2. The van der Waals surface area contributed by atoms with Gasteiger partial charge in [-0.15, -0.1) is 0 Å². The summed E-state index contributed by atoms with van der Waals surface area (Å²) in [5, 5.41) is 12.1. The van der Waals surface area contributed by atoms with E-state index in [0.29, 0.717) is 16.8 Å². The molecule has 148 valence electrons. The van der Waals surface area contributed by atoms with Crippen LogP contribution in [-0.4, -0.2) is 25.2 Å². The molecule has 7 nitrogen and oxygen atoms in total. The molecule has 2 rings (SSSR count). The normalized spacial score (nSPS) is 16.5. The number of carbonyl (C=O) groups excluding carboxylic acids is 2. The first kappa shape index (κ1) is 21.0. The molecule has 0 radical (unpaired) electrons. The molecule has 0 aliphatic carbocycles. The highest BCUT2D eigenvalue weighted by atomic mass is 16.5. The fraction of sp³-hybridized carbons (Fsp3) is 0.381. The number of ether oxygens (including phenoxy) is 2. The van der Waals surface area contributed by atoms with Gasteiger partial charge in [0.25, 0.3) is 0 Å². The highest BCUT2D eigenvalue weighted by molar-refractivity contribution is 5.99. The number of hydrogen-bond donors (Lipinski definition) is 2. The molecule has 1 aliphatic heterocycles. The number of dihydropyridines is 1. The Hall–Kier alpha value is -3.27. The highest BCUT2D eigenvalue weighted by Gasteiger charge is 2.38. The van der Waals surface area contributed by atoms with Crippen molar-refractivity contribution in [1.82, 2.24) is 5.32 Å². The summed E-state index contributed by atoms with van der Waals surface area (Å²) in [6.45, 7) is 7.66. The molecule has 0 bridgehead atoms. The van der Waals surface area contributed by atoms with Crippen LogP contribution in [0.15, 0.2) is 46.9 Å². The second kappa shape index (κ2) is 9.09. The first-order valence-corrected chi connectivity index (χ1v) is 9.11. The lowest BCUT2D eigenvalue weighted by Crippen LogP contribution is -2.36. The molecule has 1 atom stereocenters. The number of hydrogen-bond acceptors (Lipinski definition) is 7. The van der Waals surface area contributed by atoms with Crippen LogP contribution in [0.5, 0.6) is 0 Å². The van der Waals surface area contributed by atoms with E-state index in [1.54, 1.807) is 38.1 Å². The third-order valence-corrected chi connectivity index (χ3v) is 4.21. The summed E-state index contributed by atoms with van der Waals surface area (Å²) in [5.41, 5.74) is 7.98. The molecule has 7 heteroatoms. The third kappa shape index (κ3) is 4.52. The molecule has 1 aromatic rings. The van der Waals surface area contributed by atoms with E-state index in [9.17, 15) is 14.9 Å². The van der Waals surface area contributed by atoms with Gasteiger partial charge in [0.05, 0.1) is 41.9 Å². The topological polar surface area (TPSA) is 114 Å². The van der Waals surface area contributed by atoms with Crippen LogP contribution in [0.4, 0.5) is 0 Å². The summed E-state index contributed by atoms with van der Waals surface area (Å²) < 4.78 is 10.6. The van der Waals surface area contributed by atoms with Gasteiger partial charge in [0.1, 0.15) is 5.82 Å². The van der Waals surface area contributed by atoms with Gasteiger partial charge in [0.2, 0.25) is 0 Å². The summed E-state index contributed by atoms with van der Waals surface area (Å²) in [4.78, 5) is 25.5. The number of nitrogens with zero attached hydrogens (tertiary/aromatic N) is 1. The second-order valence-corrected chi connectivity index (χ2v) is 6.87. The van der Waals surface area contributed by atoms with E-state index in [1.807, 2.05) is 13.8 Å². The van der Waals surface area contributed by atoms with Crippen LogP contribution in [0.1, 0.15) is 44.7 Å². The van der Waals surface area contributed by atoms with Crippen molar-refractivity contribution >= 4 is 11.9 Å². The monoisotopic (exact) mass is 383 g/mol. The summed E-state index contributed by atoms with van der Waals surface area (Å²) in [5.74, 6) is -1.69. The number of nitrogens with one attached hydrogen (secondary N) is 1. The van der Waals surface area contributed by atoms with Gasteiger partial charge in [0, 0.05) is 5.70 Å². The largest absolute Gasteiger partial charge is 0.463 e. The van der Waals surface area contributed by atoms with E-state index >= 15 is 0 Å². The number of nitrogens with two attached hydrogens (primary N) is 1. The van der Waals surface area contributed by atoms with Crippen LogP contribution in [0.25, 0.3) is 0 Å². The predicted octanol–water partition coefficient (Wildman–Crippen LogP) is 2.45. The maximum atomic E-state index is 12.9. The van der Waals surface area contributed by atoms with Gasteiger partial charge in [-0.1, -0.05) is 26.0 Å². The van der Waals surface area contributed by atoms with E-state index < -0.39 is 17.9 Å². The zero-order chi connectivity index (χ0) is 20.8. The van der Waals surface area contributed by atoms with Crippen molar-refractivity contribution < 1.29 is 19.1 Å². The first-order valence-electron chi connectivity index (χ1n) is 9.11. The average Bonchev–Trinajstić information content (AvgIpc) is 2.65. The molecular weight excluding hydrogens is 358 g/mol. The first-order chi connectivity index (χ1) is 13.3. The van der Waals surface area contributed by atoms with Crippen molar-refractivity contribution in [3.8, 4) is 6.07 Å². The molecule has 0 amide bonds. The van der Waals surface area contributed by atoms with Crippen LogP contribution in [0, 0.1) is 17.2 Å². The summed E-state index contributed by atoms with van der Waals surface area (Å²) in [6, 6.07) is 8.79. The predicted molar refractivity (Wildman–Crippen MR) is 103 cm³/mol. The third-order valence-electron chi connectivity index (χ3n) is 4.21. The molecule has 1 aliphatic rings. The fourth-order valence-corrected chi connectivity index (χ4v) is 3.00. The van der Waals surface area contributed by atoms with Crippen molar-refractivity contribution in [3.05, 3.63) is 58.1 Å². The van der Waals surface area contributed by atoms with E-state index in [2.05, 4.69) is 11.4 Å². The maximum Gasteiger partial charge on any atom is 0.338 e. The molecule has 3 N–H and O–H groups in total. The van der Waals surface area contributed by atoms with Crippen LogP contribution in [0.2, 0.25) is 0 Å². The molecule has 1 unspecified atom stereocenters. The minimum atomic E-state index is -0.798. The Morgan fingerprint density at radius 3 is 2.54 bits per heavy atom. The van der Waals surface area contributed by atoms with Crippen molar-refractivity contribution in [1.29, 1.82) is 5.26 Å². The van der Waals surface area contributed by atoms with Crippen molar-refractivity contribution in [2.75, 3.05) is 13.2 Å². The number of esters is 2. The Morgan fingerprint density at radius 2 is 1.93 bits per heavy atom. The van der Waals surface area contributed by atoms with Crippen LogP contribution in [-0.2, 0) is 19.1 Å². The lowest BCUT2D eigenvalue weighted by molar-refractivity contribution is -0.140. The second-order valence-electron chi connectivity index (χ2n) is 6.87. The molecule has 0 saturated carbocycles. The quantitative estimate of drug-likeness (QED) is 0.725. The van der Waals surface area contributed by atoms with E-state index in [4.69, 9.17) is 15.2 Å². The van der Waals surface area contributed by atoms with E-state index in [1.165, 1.54) is 0 Å². The summed E-state index contributed by atoms with van der Waals surface area (Å²) in [7, 11) is 0. The molecule has 0 fully saturated rings. The van der Waals surface area contributed by atoms with Crippen LogP contribution < -0.4 is 11.1 Å². The standard InChI is InChI=1S/C21H25N3O4/c1-5-27-21(26)18-17(15-8-6-7-14(9-15)10-22)16(13(4)24-19(18)23)20(25)28-11-12(2)3/h6-9,12,17,24H,5,11,23H2,1-4H3. The Kier molecular flexibility index (Phi) is 6.83. The Labute approximate surface area is 164 Å². The number of benzene rings is 1. The lowest BCUT2D eigenvalue weighted by atomic mass is 9.81. The summed E-state index contributed by atoms with van der Waals surface area (Å²) in [6.07, 6.45) is 0. The maximum absolute atomic E-state index is 12.9. The Balaban J connectivity index is 2.60. The zero-order valence-electron chi connectivity index (χ0n) is 16.5. The SMILES string of the molecule is CCOC(=O)C1=C(N)NC(C)=C(C(=O)OCC(C)C)C1c1cccc(C#N)c1. The molecule has 28 heavy (non-hydrogen) atoms. The molecular formula is C21H25N3O4. The lowest BCUT2D eigenvalue weighted by Gasteiger charge is -2.30. The number of allylic oxidation sites excluding steroid dienone is 1. The molecule has 0 spiro atoms. The summed E-state index contributed by atoms with van der Waals surface area (Å²) >= 11 is 0. The van der Waals surface area contributed by atoms with Gasteiger partial charge in [-0.2, -0.15) is 5.26 Å². The number of nitriles is 1. The van der Waals surface area contributed by atoms with E-state index in [-0.39, 0.29) is 36.1 Å². The van der Waals surface area contributed by atoms with Crippen LogP contribution >= 0.6 is 0 Å². The average molecular weight is 383 g/mol. The van der Waals surface area contributed by atoms with Gasteiger partial charge < -0.3 is 20.5 Å². The van der Waals surface area contributed by atoms with Gasteiger partial charge in [-0.25, -0.2) is 9.59 Å². The molecule has 1 aromatic carbocycles.